The molecule has 4 heteroatoms. The molecule has 1 aliphatic heterocycles. The van der Waals surface area contributed by atoms with Gasteiger partial charge in [0.1, 0.15) is 12.0 Å². The largest absolute Gasteiger partial charge is 0.344 e. The van der Waals surface area contributed by atoms with Gasteiger partial charge in [0.15, 0.2) is 5.84 Å². The summed E-state index contributed by atoms with van der Waals surface area (Å²) in [7, 11) is 0. The van der Waals surface area contributed by atoms with E-state index in [1.807, 2.05) is 35.6 Å². The van der Waals surface area contributed by atoms with E-state index in [4.69, 9.17) is 9.98 Å². The minimum Gasteiger partial charge on any atom is -0.344 e. The Morgan fingerprint density at radius 2 is 0.964 bits per heavy atom. The quantitative estimate of drug-likeness (QED) is 0.177. The van der Waals surface area contributed by atoms with Crippen LogP contribution in [0.1, 0.15) is 22.9 Å². The van der Waals surface area contributed by atoms with E-state index in [9.17, 15) is 0 Å². The molecule has 1 aromatic heterocycles. The molecule has 2 heterocycles. The number of rotatable bonds is 5. The fourth-order valence-corrected chi connectivity index (χ4v) is 9.42. The van der Waals surface area contributed by atoms with Gasteiger partial charge in [0.05, 0.1) is 0 Å². The molecule has 0 amide bonds. The van der Waals surface area contributed by atoms with Crippen LogP contribution in [-0.2, 0) is 0 Å². The van der Waals surface area contributed by atoms with E-state index >= 15 is 0 Å². The minimum absolute atomic E-state index is 0.253. The van der Waals surface area contributed by atoms with Gasteiger partial charge in [0.25, 0.3) is 0 Å². The third-order valence-electron chi connectivity index (χ3n) is 10.9. The molecule has 0 aliphatic carbocycles. The molecule has 1 unspecified atom stereocenters. The lowest BCUT2D eigenvalue weighted by Gasteiger charge is -2.24. The monoisotopic (exact) mass is 719 g/mol. The van der Waals surface area contributed by atoms with Crippen molar-refractivity contribution in [3.8, 4) is 22.3 Å². The highest BCUT2D eigenvalue weighted by atomic mass is 32.1. The lowest BCUT2D eigenvalue weighted by atomic mass is 9.90. The number of thiophene rings is 1. The summed E-state index contributed by atoms with van der Waals surface area (Å²) in [5, 5.41) is 13.7. The van der Waals surface area contributed by atoms with Crippen molar-refractivity contribution < 1.29 is 0 Å². The van der Waals surface area contributed by atoms with Crippen molar-refractivity contribution in [2.45, 2.75) is 6.17 Å². The van der Waals surface area contributed by atoms with Crippen molar-refractivity contribution in [1.82, 2.24) is 5.32 Å². The van der Waals surface area contributed by atoms with Crippen LogP contribution in [0.2, 0.25) is 0 Å². The van der Waals surface area contributed by atoms with Crippen LogP contribution in [0.4, 0.5) is 0 Å². The van der Waals surface area contributed by atoms with Crippen LogP contribution in [-0.4, -0.2) is 11.7 Å². The molecule has 1 aliphatic rings. The van der Waals surface area contributed by atoms with Crippen molar-refractivity contribution in [3.05, 3.63) is 205 Å². The Morgan fingerprint density at radius 3 is 1.78 bits per heavy atom. The van der Waals surface area contributed by atoms with E-state index in [2.05, 4.69) is 169 Å². The number of amidine groups is 2. The Labute approximate surface area is 322 Å². The average Bonchev–Trinajstić information content (AvgIpc) is 3.66. The lowest BCUT2D eigenvalue weighted by molar-refractivity contribution is 0.674. The van der Waals surface area contributed by atoms with Crippen molar-refractivity contribution in [2.24, 2.45) is 9.98 Å². The first-order valence-electron chi connectivity index (χ1n) is 18.7. The second-order valence-corrected chi connectivity index (χ2v) is 15.2. The molecule has 3 nitrogen and oxygen atoms in total. The van der Waals surface area contributed by atoms with Gasteiger partial charge in [-0.2, -0.15) is 0 Å². The Kier molecular flexibility index (Phi) is 7.42. The number of hydrogen-bond donors (Lipinski definition) is 1. The van der Waals surface area contributed by atoms with Crippen LogP contribution in [0.5, 0.6) is 0 Å². The van der Waals surface area contributed by atoms with Crippen LogP contribution in [0, 0.1) is 0 Å². The van der Waals surface area contributed by atoms with Crippen LogP contribution in [0.3, 0.4) is 0 Å². The number of hydrogen-bond acceptors (Lipinski definition) is 4. The Hall–Kier alpha value is -6.88. The van der Waals surface area contributed by atoms with Crippen molar-refractivity contribution in [1.29, 1.82) is 0 Å². The first-order valence-corrected chi connectivity index (χ1v) is 19.5. The molecular formula is C51H33N3S. The van der Waals surface area contributed by atoms with Gasteiger partial charge in [0.2, 0.25) is 0 Å². The second kappa shape index (κ2) is 12.9. The van der Waals surface area contributed by atoms with Crippen LogP contribution in [0.25, 0.3) is 74.7 Å². The second-order valence-electron chi connectivity index (χ2n) is 14.2. The first-order chi connectivity index (χ1) is 27.2. The topological polar surface area (TPSA) is 36.8 Å². The number of fused-ring (bicyclic) bond motifs is 9. The standard InChI is InChI=1S/C51H33N3S/c1-3-13-32(14-4-1)49-52-50(33-15-5-2-6-16-33)54-51(53-49)37-26-28-41-39-19-7-8-20-40(39)44-30-35(25-27-42(44)45(41)31-37)34-17-11-18-36(29-34)38-22-12-24-47-48(38)43-21-9-10-23-46(43)55-47/h1-31,49H,(H,52,53,54). The van der Waals surface area contributed by atoms with Crippen molar-refractivity contribution in [2.75, 3.05) is 0 Å². The van der Waals surface area contributed by atoms with Gasteiger partial charge in [0, 0.05) is 31.3 Å². The number of benzene rings is 9. The Bertz CT molecular complexity index is 3180. The van der Waals surface area contributed by atoms with E-state index in [1.54, 1.807) is 0 Å². The Balaban J connectivity index is 1.05. The third-order valence-corrected chi connectivity index (χ3v) is 12.0. The summed E-state index contributed by atoms with van der Waals surface area (Å²) in [5.74, 6) is 1.54. The maximum absolute atomic E-state index is 5.12. The van der Waals surface area contributed by atoms with E-state index in [0.717, 1.165) is 28.4 Å². The van der Waals surface area contributed by atoms with Gasteiger partial charge in [-0.3, -0.25) is 0 Å². The summed E-state index contributed by atoms with van der Waals surface area (Å²) >= 11 is 1.87. The molecule has 55 heavy (non-hydrogen) atoms. The summed E-state index contributed by atoms with van der Waals surface area (Å²) in [6.45, 7) is 0. The van der Waals surface area contributed by atoms with E-state index in [0.29, 0.717) is 0 Å². The molecule has 11 rings (SSSR count). The van der Waals surface area contributed by atoms with Crippen molar-refractivity contribution in [3.63, 3.8) is 0 Å². The maximum Gasteiger partial charge on any atom is 0.159 e. The molecule has 0 fully saturated rings. The smallest absolute Gasteiger partial charge is 0.159 e. The zero-order chi connectivity index (χ0) is 36.3. The fourth-order valence-electron chi connectivity index (χ4n) is 8.28. The molecule has 0 saturated carbocycles. The zero-order valence-corrected chi connectivity index (χ0v) is 30.6. The normalized spacial score (nSPS) is 14.4. The fraction of sp³-hybridized carbons (Fsp3) is 0.0196. The van der Waals surface area contributed by atoms with Gasteiger partial charge in [-0.25, -0.2) is 9.98 Å². The molecular weight excluding hydrogens is 687 g/mol. The van der Waals surface area contributed by atoms with Gasteiger partial charge in [-0.15, -0.1) is 11.3 Å². The summed E-state index contributed by atoms with van der Waals surface area (Å²) in [4.78, 5) is 10.2. The predicted octanol–water partition coefficient (Wildman–Crippen LogP) is 13.3. The summed E-state index contributed by atoms with van der Waals surface area (Å²) in [6, 6.07) is 67.6. The third kappa shape index (κ3) is 5.41. The summed E-state index contributed by atoms with van der Waals surface area (Å²) in [6.07, 6.45) is -0.253. The molecule has 10 aromatic rings. The molecule has 0 saturated heterocycles. The molecule has 9 aromatic carbocycles. The summed E-state index contributed by atoms with van der Waals surface area (Å²) in [5.41, 5.74) is 8.03. The highest BCUT2D eigenvalue weighted by molar-refractivity contribution is 7.25. The molecule has 258 valence electrons. The van der Waals surface area contributed by atoms with Crippen molar-refractivity contribution >= 4 is 75.5 Å². The highest BCUT2D eigenvalue weighted by Crippen LogP contribution is 2.42. The van der Waals surface area contributed by atoms with Gasteiger partial charge in [-0.05, 0) is 90.5 Å². The number of nitrogens with one attached hydrogen (secondary N) is 1. The molecule has 0 bridgehead atoms. The highest BCUT2D eigenvalue weighted by Gasteiger charge is 2.22. The molecule has 1 N–H and O–H groups in total. The van der Waals surface area contributed by atoms with E-state index in [-0.39, 0.29) is 6.17 Å². The van der Waals surface area contributed by atoms with Gasteiger partial charge >= 0.3 is 0 Å². The SMILES string of the molecule is c1ccc(C2=NC(c3ccccc3)NC(c3ccc4c5ccccc5c5cc(-c6cccc(-c7cccc8sc9ccccc9c78)c6)ccc5c4c3)=N2)cc1. The van der Waals surface area contributed by atoms with E-state index in [1.165, 1.54) is 74.7 Å². The van der Waals surface area contributed by atoms with E-state index < -0.39 is 0 Å². The summed E-state index contributed by atoms with van der Waals surface area (Å²) < 4.78 is 2.64. The van der Waals surface area contributed by atoms with Crippen LogP contribution >= 0.6 is 11.3 Å². The minimum atomic E-state index is -0.253. The molecule has 0 radical (unpaired) electrons. The lowest BCUT2D eigenvalue weighted by Crippen LogP contribution is -2.33. The number of aliphatic imine (C=N–C) groups is 2. The Morgan fingerprint density at radius 1 is 0.400 bits per heavy atom. The average molecular weight is 720 g/mol. The first kappa shape index (κ1) is 31.6. The molecule has 0 spiro atoms. The van der Waals surface area contributed by atoms with Gasteiger partial charge < -0.3 is 5.32 Å². The van der Waals surface area contributed by atoms with Gasteiger partial charge in [-0.1, -0.05) is 158 Å². The maximum atomic E-state index is 5.12. The number of nitrogens with zero attached hydrogens (tertiary/aromatic N) is 2. The van der Waals surface area contributed by atoms with Crippen LogP contribution in [0.15, 0.2) is 198 Å². The van der Waals surface area contributed by atoms with Crippen LogP contribution < -0.4 is 5.32 Å². The zero-order valence-electron chi connectivity index (χ0n) is 29.8. The molecule has 1 atom stereocenters. The predicted molar refractivity (Wildman–Crippen MR) is 235 cm³/mol.